The van der Waals surface area contributed by atoms with Gasteiger partial charge in [0.1, 0.15) is 10.8 Å². The second-order valence-corrected chi connectivity index (χ2v) is 7.19. The molecule has 1 atom stereocenters. The first kappa shape index (κ1) is 18.4. The molecule has 0 bridgehead atoms. The number of nitrogens with zero attached hydrogens (tertiary/aromatic N) is 1. The predicted molar refractivity (Wildman–Crippen MR) is 103 cm³/mol. The molecule has 0 aliphatic carbocycles. The topological polar surface area (TPSA) is 84.7 Å². The minimum Gasteiger partial charge on any atom is -0.494 e. The standard InChI is InChI=1S/C19H23N3O3S/c1-3-25-15-5-4-13-6-8-22(11-14(13)10-15)12(2)18(24)21-19-16(17(20)23)7-9-26-19/h4-5,7,9-10,12H,3,6,8,11H2,1-2H3,(H2,20,23)(H,21,24). The smallest absolute Gasteiger partial charge is 0.251 e. The summed E-state index contributed by atoms with van der Waals surface area (Å²) in [6.07, 6.45) is 0.894. The number of hydrogen-bond acceptors (Lipinski definition) is 5. The number of rotatable bonds is 6. The van der Waals surface area contributed by atoms with E-state index in [1.165, 1.54) is 22.5 Å². The second-order valence-electron chi connectivity index (χ2n) is 6.28. The number of fused-ring (bicyclic) bond motifs is 1. The van der Waals surface area contributed by atoms with E-state index in [9.17, 15) is 9.59 Å². The number of nitrogens with one attached hydrogen (secondary N) is 1. The van der Waals surface area contributed by atoms with Crippen LogP contribution in [0, 0.1) is 0 Å². The third kappa shape index (κ3) is 3.89. The van der Waals surface area contributed by atoms with Gasteiger partial charge in [-0.3, -0.25) is 14.5 Å². The number of benzene rings is 1. The van der Waals surface area contributed by atoms with Crippen molar-refractivity contribution < 1.29 is 14.3 Å². The molecule has 0 saturated heterocycles. The van der Waals surface area contributed by atoms with E-state index in [0.717, 1.165) is 18.7 Å². The quantitative estimate of drug-likeness (QED) is 0.815. The Bertz CT molecular complexity index is 818. The van der Waals surface area contributed by atoms with E-state index >= 15 is 0 Å². The van der Waals surface area contributed by atoms with Gasteiger partial charge in [-0.25, -0.2) is 0 Å². The summed E-state index contributed by atoms with van der Waals surface area (Å²) < 4.78 is 5.58. The lowest BCUT2D eigenvalue weighted by Gasteiger charge is -2.33. The highest BCUT2D eigenvalue weighted by Gasteiger charge is 2.26. The van der Waals surface area contributed by atoms with Crippen molar-refractivity contribution in [2.75, 3.05) is 18.5 Å². The molecule has 138 valence electrons. The summed E-state index contributed by atoms with van der Waals surface area (Å²) in [6, 6.07) is 7.46. The van der Waals surface area contributed by atoms with E-state index in [4.69, 9.17) is 10.5 Å². The van der Waals surface area contributed by atoms with Crippen LogP contribution < -0.4 is 15.8 Å². The maximum atomic E-state index is 12.6. The van der Waals surface area contributed by atoms with Gasteiger partial charge in [-0.15, -0.1) is 11.3 Å². The molecule has 2 heterocycles. The lowest BCUT2D eigenvalue weighted by molar-refractivity contribution is -0.121. The summed E-state index contributed by atoms with van der Waals surface area (Å²) in [5.74, 6) is 0.179. The number of nitrogens with two attached hydrogens (primary N) is 1. The fourth-order valence-electron chi connectivity index (χ4n) is 3.12. The molecule has 0 fully saturated rings. The van der Waals surface area contributed by atoms with Gasteiger partial charge in [0.25, 0.3) is 5.91 Å². The van der Waals surface area contributed by atoms with Crippen molar-refractivity contribution in [3.63, 3.8) is 0 Å². The van der Waals surface area contributed by atoms with Gasteiger partial charge in [-0.05, 0) is 55.0 Å². The van der Waals surface area contributed by atoms with Gasteiger partial charge in [-0.1, -0.05) is 6.07 Å². The SMILES string of the molecule is CCOc1ccc2c(c1)CN(C(C)C(=O)Nc1sccc1C(N)=O)CC2. The first-order chi connectivity index (χ1) is 12.5. The van der Waals surface area contributed by atoms with Crippen molar-refractivity contribution in [1.82, 2.24) is 4.90 Å². The van der Waals surface area contributed by atoms with Crippen molar-refractivity contribution >= 4 is 28.2 Å². The molecule has 26 heavy (non-hydrogen) atoms. The number of primary amides is 1. The molecule has 1 unspecified atom stereocenters. The normalized spacial score (nSPS) is 15.2. The number of ether oxygens (including phenoxy) is 1. The van der Waals surface area contributed by atoms with Gasteiger partial charge in [0.2, 0.25) is 5.91 Å². The van der Waals surface area contributed by atoms with Crippen molar-refractivity contribution in [1.29, 1.82) is 0 Å². The number of carbonyl (C=O) groups excluding carboxylic acids is 2. The number of amides is 2. The molecular weight excluding hydrogens is 350 g/mol. The molecule has 7 heteroatoms. The first-order valence-electron chi connectivity index (χ1n) is 8.66. The Kier molecular flexibility index (Phi) is 5.58. The molecule has 1 aliphatic heterocycles. The minimum atomic E-state index is -0.537. The van der Waals surface area contributed by atoms with E-state index in [1.807, 2.05) is 19.9 Å². The Labute approximate surface area is 156 Å². The molecule has 0 radical (unpaired) electrons. The number of thiophene rings is 1. The van der Waals surface area contributed by atoms with E-state index in [-0.39, 0.29) is 11.9 Å². The van der Waals surface area contributed by atoms with E-state index < -0.39 is 5.91 Å². The van der Waals surface area contributed by atoms with Crippen molar-refractivity contribution in [3.05, 3.63) is 46.3 Å². The average molecular weight is 373 g/mol. The molecule has 0 saturated carbocycles. The van der Waals surface area contributed by atoms with Gasteiger partial charge in [0.15, 0.2) is 0 Å². The molecule has 0 spiro atoms. The Morgan fingerprint density at radius 3 is 2.88 bits per heavy atom. The predicted octanol–water partition coefficient (Wildman–Crippen LogP) is 2.63. The third-order valence-corrected chi connectivity index (χ3v) is 5.45. The summed E-state index contributed by atoms with van der Waals surface area (Å²) >= 11 is 1.30. The molecular formula is C19H23N3O3S. The van der Waals surface area contributed by atoms with Gasteiger partial charge >= 0.3 is 0 Å². The highest BCUT2D eigenvalue weighted by atomic mass is 32.1. The zero-order valence-electron chi connectivity index (χ0n) is 15.0. The van der Waals surface area contributed by atoms with Crippen LogP contribution >= 0.6 is 11.3 Å². The van der Waals surface area contributed by atoms with Crippen LogP contribution in [0.1, 0.15) is 35.3 Å². The molecule has 1 aromatic carbocycles. The van der Waals surface area contributed by atoms with Gasteiger partial charge < -0.3 is 15.8 Å². The van der Waals surface area contributed by atoms with E-state index in [2.05, 4.69) is 22.3 Å². The van der Waals surface area contributed by atoms with Gasteiger partial charge in [0.05, 0.1) is 18.2 Å². The molecule has 2 amide bonds. The maximum absolute atomic E-state index is 12.6. The van der Waals surface area contributed by atoms with Crippen LogP contribution in [0.2, 0.25) is 0 Å². The van der Waals surface area contributed by atoms with Crippen LogP contribution in [-0.4, -0.2) is 35.9 Å². The fraction of sp³-hybridized carbons (Fsp3) is 0.368. The zero-order chi connectivity index (χ0) is 18.7. The minimum absolute atomic E-state index is 0.139. The fourth-order valence-corrected chi connectivity index (χ4v) is 3.92. The molecule has 1 aromatic heterocycles. The van der Waals surface area contributed by atoms with Gasteiger partial charge in [0, 0.05) is 13.1 Å². The van der Waals surface area contributed by atoms with E-state index in [1.54, 1.807) is 11.4 Å². The summed E-state index contributed by atoms with van der Waals surface area (Å²) in [6.45, 7) is 5.97. The summed E-state index contributed by atoms with van der Waals surface area (Å²) in [5, 5.41) is 5.08. The first-order valence-corrected chi connectivity index (χ1v) is 9.54. The highest BCUT2D eigenvalue weighted by molar-refractivity contribution is 7.14. The lowest BCUT2D eigenvalue weighted by Crippen LogP contribution is -2.44. The highest BCUT2D eigenvalue weighted by Crippen LogP contribution is 2.26. The Balaban J connectivity index is 1.69. The largest absolute Gasteiger partial charge is 0.494 e. The van der Waals surface area contributed by atoms with Gasteiger partial charge in [-0.2, -0.15) is 0 Å². The van der Waals surface area contributed by atoms with Crippen LogP contribution in [0.25, 0.3) is 0 Å². The summed E-state index contributed by atoms with van der Waals surface area (Å²) in [5.41, 5.74) is 8.18. The molecule has 3 N–H and O–H groups in total. The van der Waals surface area contributed by atoms with Crippen LogP contribution in [0.5, 0.6) is 5.75 Å². The molecule has 2 aromatic rings. The third-order valence-electron chi connectivity index (χ3n) is 4.63. The Morgan fingerprint density at radius 1 is 1.35 bits per heavy atom. The Morgan fingerprint density at radius 2 is 2.15 bits per heavy atom. The number of carbonyl (C=O) groups is 2. The summed E-state index contributed by atoms with van der Waals surface area (Å²) in [4.78, 5) is 26.2. The van der Waals surface area contributed by atoms with Crippen LogP contribution in [0.3, 0.4) is 0 Å². The van der Waals surface area contributed by atoms with Crippen LogP contribution in [-0.2, 0) is 17.8 Å². The van der Waals surface area contributed by atoms with Crippen molar-refractivity contribution in [2.24, 2.45) is 5.73 Å². The zero-order valence-corrected chi connectivity index (χ0v) is 15.8. The van der Waals surface area contributed by atoms with E-state index in [0.29, 0.717) is 23.7 Å². The summed E-state index contributed by atoms with van der Waals surface area (Å²) in [7, 11) is 0. The molecule has 3 rings (SSSR count). The van der Waals surface area contributed by atoms with Crippen molar-refractivity contribution in [2.45, 2.75) is 32.9 Å². The molecule has 1 aliphatic rings. The average Bonchev–Trinajstić information content (AvgIpc) is 3.09. The van der Waals surface area contributed by atoms with Crippen LogP contribution in [0.4, 0.5) is 5.00 Å². The number of hydrogen-bond donors (Lipinski definition) is 2. The lowest BCUT2D eigenvalue weighted by atomic mass is 9.98. The van der Waals surface area contributed by atoms with Crippen LogP contribution in [0.15, 0.2) is 29.6 Å². The Hall–Kier alpha value is -2.38. The van der Waals surface area contributed by atoms with Crippen molar-refractivity contribution in [3.8, 4) is 5.75 Å². The maximum Gasteiger partial charge on any atom is 0.251 e. The monoisotopic (exact) mass is 373 g/mol. The molecule has 6 nitrogen and oxygen atoms in total. The second kappa shape index (κ2) is 7.88. The number of anilines is 1.